The molecule has 0 radical (unpaired) electrons. The number of ether oxygens (including phenoxy) is 2. The van der Waals surface area contributed by atoms with E-state index in [1.54, 1.807) is 0 Å². The van der Waals surface area contributed by atoms with Gasteiger partial charge in [0.25, 0.3) is 5.56 Å². The monoisotopic (exact) mass is 469 g/mol. The van der Waals surface area contributed by atoms with Crippen molar-refractivity contribution in [3.63, 3.8) is 0 Å². The number of nitrogens with two attached hydrogens (primary N) is 1. The Morgan fingerprint density at radius 1 is 0.857 bits per heavy atom. The summed E-state index contributed by atoms with van der Waals surface area (Å²) in [6.45, 7) is 0.203. The van der Waals surface area contributed by atoms with Gasteiger partial charge in [-0.2, -0.15) is 0 Å². The standard InChI is InChI=1S/C28H27N3O4/c29-23-18-26(31-17-16-25(32)30-27(31)33)35-24(23)19-34-28(20-10-4-1-5-11-20,21-12-6-2-7-13-21)22-14-8-3-9-15-22/h1-17,23-24,26H,18-19,29H2,(H,30,32,33). The van der Waals surface area contributed by atoms with Crippen LogP contribution in [-0.2, 0) is 15.1 Å². The molecule has 5 rings (SSSR count). The van der Waals surface area contributed by atoms with Crippen LogP contribution in [0, 0.1) is 0 Å². The number of aromatic nitrogens is 2. The molecule has 3 atom stereocenters. The van der Waals surface area contributed by atoms with E-state index in [2.05, 4.69) is 41.4 Å². The average molecular weight is 470 g/mol. The van der Waals surface area contributed by atoms with Crippen molar-refractivity contribution < 1.29 is 9.47 Å². The molecule has 0 bridgehead atoms. The number of nitrogens with one attached hydrogen (secondary N) is 1. The third-order valence-electron chi connectivity index (χ3n) is 6.45. The van der Waals surface area contributed by atoms with Crippen LogP contribution in [-0.4, -0.2) is 28.3 Å². The van der Waals surface area contributed by atoms with Gasteiger partial charge in [0.05, 0.1) is 12.7 Å². The zero-order chi connectivity index (χ0) is 24.3. The lowest BCUT2D eigenvalue weighted by atomic mass is 9.80. The largest absolute Gasteiger partial charge is 0.358 e. The van der Waals surface area contributed by atoms with Gasteiger partial charge in [0.15, 0.2) is 0 Å². The maximum absolute atomic E-state index is 12.3. The maximum atomic E-state index is 12.3. The highest BCUT2D eigenvalue weighted by Crippen LogP contribution is 2.41. The van der Waals surface area contributed by atoms with E-state index in [9.17, 15) is 9.59 Å². The van der Waals surface area contributed by atoms with Crippen LogP contribution in [0.4, 0.5) is 0 Å². The Morgan fingerprint density at radius 3 is 1.86 bits per heavy atom. The van der Waals surface area contributed by atoms with Crippen molar-refractivity contribution in [3.05, 3.63) is 141 Å². The molecule has 1 aromatic heterocycles. The molecule has 0 amide bonds. The molecule has 1 aliphatic heterocycles. The third-order valence-corrected chi connectivity index (χ3v) is 6.45. The van der Waals surface area contributed by atoms with E-state index in [1.165, 1.54) is 16.8 Å². The average Bonchev–Trinajstić information content (AvgIpc) is 3.26. The Labute approximate surface area is 202 Å². The van der Waals surface area contributed by atoms with Gasteiger partial charge in [0.2, 0.25) is 0 Å². The summed E-state index contributed by atoms with van der Waals surface area (Å²) in [7, 11) is 0. The Kier molecular flexibility index (Phi) is 6.46. The van der Waals surface area contributed by atoms with Crippen molar-refractivity contribution in [3.8, 4) is 0 Å². The van der Waals surface area contributed by atoms with Gasteiger partial charge in [-0.05, 0) is 16.7 Å². The molecule has 1 aliphatic rings. The molecule has 1 saturated heterocycles. The van der Waals surface area contributed by atoms with Crippen molar-refractivity contribution in [1.82, 2.24) is 9.55 Å². The maximum Gasteiger partial charge on any atom is 0.330 e. The molecule has 178 valence electrons. The molecule has 3 N–H and O–H groups in total. The predicted molar refractivity (Wildman–Crippen MR) is 133 cm³/mol. The summed E-state index contributed by atoms with van der Waals surface area (Å²) >= 11 is 0. The van der Waals surface area contributed by atoms with Gasteiger partial charge in [-0.15, -0.1) is 0 Å². The molecule has 4 aromatic rings. The molecule has 35 heavy (non-hydrogen) atoms. The fourth-order valence-electron chi connectivity index (χ4n) is 4.71. The molecule has 0 saturated carbocycles. The lowest BCUT2D eigenvalue weighted by Crippen LogP contribution is -2.40. The zero-order valence-corrected chi connectivity index (χ0v) is 19.1. The fourth-order valence-corrected chi connectivity index (χ4v) is 4.71. The van der Waals surface area contributed by atoms with Crippen LogP contribution < -0.4 is 17.0 Å². The number of rotatable bonds is 7. The first kappa shape index (κ1) is 23.0. The SMILES string of the molecule is NC1CC(n2ccc(=O)[nH]c2=O)OC1COC(c1ccccc1)(c1ccccc1)c1ccccc1. The van der Waals surface area contributed by atoms with Crippen molar-refractivity contribution >= 4 is 0 Å². The van der Waals surface area contributed by atoms with Gasteiger partial charge in [-0.25, -0.2) is 4.79 Å². The zero-order valence-electron chi connectivity index (χ0n) is 19.1. The molecule has 7 nitrogen and oxygen atoms in total. The molecular weight excluding hydrogens is 442 g/mol. The van der Waals surface area contributed by atoms with E-state index in [1.807, 2.05) is 54.6 Å². The number of hydrogen-bond donors (Lipinski definition) is 2. The van der Waals surface area contributed by atoms with E-state index >= 15 is 0 Å². The van der Waals surface area contributed by atoms with Crippen LogP contribution in [0.1, 0.15) is 29.3 Å². The third kappa shape index (κ3) is 4.49. The highest BCUT2D eigenvalue weighted by Gasteiger charge is 2.41. The van der Waals surface area contributed by atoms with Crippen LogP contribution in [0.2, 0.25) is 0 Å². The second kappa shape index (κ2) is 9.84. The first-order chi connectivity index (χ1) is 17.1. The van der Waals surface area contributed by atoms with Crippen LogP contribution >= 0.6 is 0 Å². The Hall–Kier alpha value is -3.78. The van der Waals surface area contributed by atoms with Crippen LogP contribution in [0.3, 0.4) is 0 Å². The summed E-state index contributed by atoms with van der Waals surface area (Å²) < 4.78 is 14.4. The number of H-pyrrole nitrogens is 1. The molecular formula is C28H27N3O4. The Balaban J connectivity index is 1.50. The summed E-state index contributed by atoms with van der Waals surface area (Å²) in [5.41, 5.74) is 7.53. The van der Waals surface area contributed by atoms with Crippen molar-refractivity contribution in [1.29, 1.82) is 0 Å². The lowest BCUT2D eigenvalue weighted by molar-refractivity contribution is -0.0796. The summed E-state index contributed by atoms with van der Waals surface area (Å²) in [4.78, 5) is 26.0. The highest BCUT2D eigenvalue weighted by molar-refractivity contribution is 5.47. The molecule has 0 aliphatic carbocycles. The Bertz CT molecular complexity index is 1270. The van der Waals surface area contributed by atoms with Crippen LogP contribution in [0.5, 0.6) is 0 Å². The number of benzene rings is 3. The summed E-state index contributed by atoms with van der Waals surface area (Å²) in [5, 5.41) is 0. The van der Waals surface area contributed by atoms with Crippen LogP contribution in [0.25, 0.3) is 0 Å². The molecule has 3 aromatic carbocycles. The Morgan fingerprint density at radius 2 is 1.37 bits per heavy atom. The van der Waals surface area contributed by atoms with E-state index in [0.717, 1.165) is 16.7 Å². The minimum Gasteiger partial charge on any atom is -0.358 e. The first-order valence-corrected chi connectivity index (χ1v) is 11.6. The molecule has 0 spiro atoms. The smallest absolute Gasteiger partial charge is 0.330 e. The molecule has 1 fully saturated rings. The summed E-state index contributed by atoms with van der Waals surface area (Å²) in [5.74, 6) is 0. The quantitative estimate of drug-likeness (QED) is 0.405. The number of nitrogens with zero attached hydrogens (tertiary/aromatic N) is 1. The van der Waals surface area contributed by atoms with Gasteiger partial charge in [0.1, 0.15) is 11.8 Å². The summed E-state index contributed by atoms with van der Waals surface area (Å²) in [6, 6.07) is 31.2. The van der Waals surface area contributed by atoms with Gasteiger partial charge in [-0.1, -0.05) is 91.0 Å². The summed E-state index contributed by atoms with van der Waals surface area (Å²) in [6.07, 6.45) is 0.829. The lowest BCUT2D eigenvalue weighted by Gasteiger charge is -2.37. The van der Waals surface area contributed by atoms with Gasteiger partial charge in [-0.3, -0.25) is 14.3 Å². The highest BCUT2D eigenvalue weighted by atomic mass is 16.6. The van der Waals surface area contributed by atoms with E-state index in [-0.39, 0.29) is 12.6 Å². The fraction of sp³-hybridized carbons (Fsp3) is 0.214. The second-order valence-corrected chi connectivity index (χ2v) is 8.64. The van der Waals surface area contributed by atoms with Crippen molar-refractivity contribution in [2.24, 2.45) is 5.73 Å². The minimum atomic E-state index is -0.889. The molecule has 7 heteroatoms. The predicted octanol–water partition coefficient (Wildman–Crippen LogP) is 3.16. The number of hydrogen-bond acceptors (Lipinski definition) is 5. The molecule has 2 heterocycles. The topological polar surface area (TPSA) is 99.3 Å². The van der Waals surface area contributed by atoms with Gasteiger partial charge in [0, 0.05) is 24.7 Å². The molecule has 3 unspecified atom stereocenters. The minimum absolute atomic E-state index is 0.203. The van der Waals surface area contributed by atoms with Crippen LogP contribution in [0.15, 0.2) is 113 Å². The van der Waals surface area contributed by atoms with Crippen molar-refractivity contribution in [2.45, 2.75) is 30.4 Å². The van der Waals surface area contributed by atoms with Crippen molar-refractivity contribution in [2.75, 3.05) is 6.61 Å². The van der Waals surface area contributed by atoms with E-state index in [0.29, 0.717) is 6.42 Å². The number of aromatic amines is 1. The van der Waals surface area contributed by atoms with E-state index in [4.69, 9.17) is 15.2 Å². The normalized spacial score (nSPS) is 20.1. The second-order valence-electron chi connectivity index (χ2n) is 8.64. The van der Waals surface area contributed by atoms with E-state index < -0.39 is 29.2 Å². The van der Waals surface area contributed by atoms with Gasteiger partial charge >= 0.3 is 5.69 Å². The first-order valence-electron chi connectivity index (χ1n) is 11.6. The van der Waals surface area contributed by atoms with Gasteiger partial charge < -0.3 is 15.2 Å².